The van der Waals surface area contributed by atoms with Crippen LogP contribution in [0.15, 0.2) is 66.7 Å². The number of amides is 1. The van der Waals surface area contributed by atoms with E-state index in [4.69, 9.17) is 27.9 Å². The molecule has 0 aliphatic rings. The Morgan fingerprint density at radius 2 is 1.88 bits per heavy atom. The molecular formula is C24H16Cl2N4O2. The third kappa shape index (κ3) is 4.92. The van der Waals surface area contributed by atoms with Crippen LogP contribution in [0.25, 0.3) is 22.7 Å². The molecule has 2 N–H and O–H groups in total. The Morgan fingerprint density at radius 3 is 2.66 bits per heavy atom. The van der Waals surface area contributed by atoms with Crippen molar-refractivity contribution >= 4 is 57.5 Å². The lowest BCUT2D eigenvalue weighted by Crippen LogP contribution is -2.20. The van der Waals surface area contributed by atoms with Gasteiger partial charge in [0.25, 0.3) is 5.91 Å². The van der Waals surface area contributed by atoms with Crippen molar-refractivity contribution in [2.24, 2.45) is 0 Å². The number of para-hydroxylation sites is 3. The Kier molecular flexibility index (Phi) is 6.41. The predicted molar refractivity (Wildman–Crippen MR) is 127 cm³/mol. The van der Waals surface area contributed by atoms with Crippen LogP contribution in [0.1, 0.15) is 11.4 Å². The van der Waals surface area contributed by atoms with Crippen molar-refractivity contribution in [2.45, 2.75) is 0 Å². The summed E-state index contributed by atoms with van der Waals surface area (Å²) in [7, 11) is 0. The number of nitriles is 1. The van der Waals surface area contributed by atoms with Crippen molar-refractivity contribution in [1.82, 2.24) is 9.97 Å². The maximum atomic E-state index is 12.3. The first kappa shape index (κ1) is 21.4. The number of benzene rings is 3. The normalized spacial score (nSPS) is 11.2. The first-order valence-electron chi connectivity index (χ1n) is 9.57. The Hall–Kier alpha value is -3.79. The third-order valence-electron chi connectivity index (χ3n) is 4.55. The van der Waals surface area contributed by atoms with Crippen LogP contribution in [0.2, 0.25) is 10.0 Å². The van der Waals surface area contributed by atoms with Crippen LogP contribution in [0.5, 0.6) is 5.75 Å². The van der Waals surface area contributed by atoms with E-state index in [9.17, 15) is 10.1 Å². The highest BCUT2D eigenvalue weighted by Crippen LogP contribution is 2.26. The minimum Gasteiger partial charge on any atom is -0.483 e. The van der Waals surface area contributed by atoms with Gasteiger partial charge in [-0.1, -0.05) is 53.5 Å². The Labute approximate surface area is 194 Å². The highest BCUT2D eigenvalue weighted by molar-refractivity contribution is 6.42. The number of H-pyrrole nitrogens is 1. The maximum absolute atomic E-state index is 12.3. The molecule has 4 rings (SSSR count). The number of nitrogens with zero attached hydrogens (tertiary/aromatic N) is 2. The molecule has 0 aliphatic carbocycles. The number of fused-ring (bicyclic) bond motifs is 1. The number of hydrogen-bond donors (Lipinski definition) is 2. The molecule has 4 aromatic rings. The summed E-state index contributed by atoms with van der Waals surface area (Å²) in [5.74, 6) is 0.557. The number of carbonyl (C=O) groups excluding carboxylic acids is 1. The van der Waals surface area contributed by atoms with E-state index in [0.717, 1.165) is 11.0 Å². The molecule has 6 nitrogen and oxygen atoms in total. The molecule has 0 unspecified atom stereocenters. The van der Waals surface area contributed by atoms with Gasteiger partial charge in [-0.05, 0) is 42.5 Å². The number of ether oxygens (including phenoxy) is 1. The Balaban J connectivity index is 1.51. The van der Waals surface area contributed by atoms with Crippen LogP contribution in [-0.2, 0) is 4.79 Å². The van der Waals surface area contributed by atoms with Gasteiger partial charge >= 0.3 is 0 Å². The molecule has 0 atom stereocenters. The summed E-state index contributed by atoms with van der Waals surface area (Å²) in [5.41, 5.74) is 3.11. The Bertz CT molecular complexity index is 1340. The summed E-state index contributed by atoms with van der Waals surface area (Å²) in [4.78, 5) is 19.9. The smallest absolute Gasteiger partial charge is 0.262 e. The van der Waals surface area contributed by atoms with Gasteiger partial charge in [-0.25, -0.2) is 4.98 Å². The number of hydrogen-bond acceptors (Lipinski definition) is 4. The number of imidazole rings is 1. The number of aromatic nitrogens is 2. The van der Waals surface area contributed by atoms with Crippen LogP contribution >= 0.6 is 23.2 Å². The summed E-state index contributed by atoms with van der Waals surface area (Å²) >= 11 is 11.9. The number of anilines is 1. The first-order chi connectivity index (χ1) is 15.5. The summed E-state index contributed by atoms with van der Waals surface area (Å²) in [6.45, 7) is -0.225. The van der Waals surface area contributed by atoms with Crippen molar-refractivity contribution in [3.8, 4) is 11.8 Å². The standard InChI is InChI=1S/C24H16Cl2N4O2/c25-18-10-9-17(12-19(18)26)28-23(31)14-32-22-8-4-1-5-15(22)11-16(13-27)24-29-20-6-2-3-7-21(20)30-24/h1-12H,14H2,(H,28,31)(H,29,30)/b16-11+. The largest absolute Gasteiger partial charge is 0.483 e. The average Bonchev–Trinajstić information content (AvgIpc) is 3.23. The predicted octanol–water partition coefficient (Wildman–Crippen LogP) is 5.95. The zero-order valence-electron chi connectivity index (χ0n) is 16.6. The van der Waals surface area contributed by atoms with Gasteiger partial charge in [0.05, 0.1) is 26.7 Å². The highest BCUT2D eigenvalue weighted by atomic mass is 35.5. The molecule has 8 heteroatoms. The van der Waals surface area contributed by atoms with Gasteiger partial charge in [-0.3, -0.25) is 4.79 Å². The zero-order chi connectivity index (χ0) is 22.5. The van der Waals surface area contributed by atoms with Gasteiger partial charge in [0.15, 0.2) is 6.61 Å². The second-order valence-electron chi connectivity index (χ2n) is 6.78. The third-order valence-corrected chi connectivity index (χ3v) is 5.28. The van der Waals surface area contributed by atoms with Crippen molar-refractivity contribution in [3.05, 3.63) is 88.2 Å². The summed E-state index contributed by atoms with van der Waals surface area (Å²) in [6, 6.07) is 21.7. The molecule has 0 fully saturated rings. The lowest BCUT2D eigenvalue weighted by atomic mass is 10.1. The monoisotopic (exact) mass is 462 g/mol. The molecule has 32 heavy (non-hydrogen) atoms. The van der Waals surface area contributed by atoms with Crippen LogP contribution in [0.3, 0.4) is 0 Å². The van der Waals surface area contributed by atoms with Crippen molar-refractivity contribution in [3.63, 3.8) is 0 Å². The highest BCUT2D eigenvalue weighted by Gasteiger charge is 2.11. The van der Waals surface area contributed by atoms with E-state index < -0.39 is 0 Å². The SMILES string of the molecule is N#C/C(=C\c1ccccc1OCC(=O)Nc1ccc(Cl)c(Cl)c1)c1nc2ccccc2[nH]1. The molecule has 158 valence electrons. The first-order valence-corrected chi connectivity index (χ1v) is 10.3. The van der Waals surface area contributed by atoms with E-state index in [2.05, 4.69) is 21.4 Å². The van der Waals surface area contributed by atoms with E-state index in [1.165, 1.54) is 0 Å². The van der Waals surface area contributed by atoms with Crippen molar-refractivity contribution in [1.29, 1.82) is 5.26 Å². The molecule has 0 bridgehead atoms. The number of aromatic amines is 1. The molecule has 0 aliphatic heterocycles. The molecule has 0 saturated heterocycles. The van der Waals surface area contributed by atoms with Gasteiger partial charge in [0.2, 0.25) is 0 Å². The van der Waals surface area contributed by atoms with Gasteiger partial charge < -0.3 is 15.0 Å². The van der Waals surface area contributed by atoms with E-state index in [-0.39, 0.29) is 12.5 Å². The molecule has 1 heterocycles. The van der Waals surface area contributed by atoms with Crippen LogP contribution in [0.4, 0.5) is 5.69 Å². The second kappa shape index (κ2) is 9.56. The fraction of sp³-hybridized carbons (Fsp3) is 0.0417. The second-order valence-corrected chi connectivity index (χ2v) is 7.59. The quantitative estimate of drug-likeness (QED) is 0.346. The van der Waals surface area contributed by atoms with Gasteiger partial charge in [0.1, 0.15) is 17.6 Å². The minimum atomic E-state index is -0.361. The lowest BCUT2D eigenvalue weighted by molar-refractivity contribution is -0.118. The van der Waals surface area contributed by atoms with E-state index in [1.807, 2.05) is 30.3 Å². The molecule has 0 saturated carbocycles. The van der Waals surface area contributed by atoms with Crippen LogP contribution in [0, 0.1) is 11.3 Å². The summed E-state index contributed by atoms with van der Waals surface area (Å²) in [5, 5.41) is 13.1. The minimum absolute atomic E-state index is 0.225. The number of nitrogens with one attached hydrogen (secondary N) is 2. The van der Waals surface area contributed by atoms with E-state index in [1.54, 1.807) is 42.5 Å². The molecule has 0 radical (unpaired) electrons. The molecule has 3 aromatic carbocycles. The number of carbonyl (C=O) groups is 1. The van der Waals surface area contributed by atoms with E-state index in [0.29, 0.717) is 38.4 Å². The number of allylic oxidation sites excluding steroid dienone is 1. The maximum Gasteiger partial charge on any atom is 0.262 e. The fourth-order valence-corrected chi connectivity index (χ4v) is 3.33. The number of rotatable bonds is 6. The average molecular weight is 463 g/mol. The molecule has 0 spiro atoms. The van der Waals surface area contributed by atoms with Crippen LogP contribution in [-0.4, -0.2) is 22.5 Å². The van der Waals surface area contributed by atoms with Gasteiger partial charge in [-0.2, -0.15) is 5.26 Å². The van der Waals surface area contributed by atoms with Crippen molar-refractivity contribution < 1.29 is 9.53 Å². The molecule has 1 aromatic heterocycles. The fourth-order valence-electron chi connectivity index (χ4n) is 3.03. The topological polar surface area (TPSA) is 90.8 Å². The van der Waals surface area contributed by atoms with E-state index >= 15 is 0 Å². The Morgan fingerprint density at radius 1 is 1.09 bits per heavy atom. The van der Waals surface area contributed by atoms with Crippen LogP contribution < -0.4 is 10.1 Å². The van der Waals surface area contributed by atoms with Crippen molar-refractivity contribution in [2.75, 3.05) is 11.9 Å². The summed E-state index contributed by atoms with van der Waals surface area (Å²) < 4.78 is 5.71. The van der Waals surface area contributed by atoms with Gasteiger partial charge in [-0.15, -0.1) is 0 Å². The number of halogens is 2. The van der Waals surface area contributed by atoms with Gasteiger partial charge in [0, 0.05) is 11.3 Å². The zero-order valence-corrected chi connectivity index (χ0v) is 18.1. The molecular weight excluding hydrogens is 447 g/mol. The lowest BCUT2D eigenvalue weighted by Gasteiger charge is -2.10. The summed E-state index contributed by atoms with van der Waals surface area (Å²) in [6.07, 6.45) is 1.67. The molecule has 1 amide bonds.